The molecule has 2 aromatic rings. The van der Waals surface area contributed by atoms with Crippen molar-refractivity contribution in [3.63, 3.8) is 0 Å². The Bertz CT molecular complexity index is 1070. The highest BCUT2D eigenvalue weighted by molar-refractivity contribution is 5.87. The third-order valence-corrected chi connectivity index (χ3v) is 6.50. The van der Waals surface area contributed by atoms with Gasteiger partial charge in [0.05, 0.1) is 6.42 Å². The number of piperidine rings is 1. The highest BCUT2D eigenvalue weighted by Gasteiger charge is 2.49. The summed E-state index contributed by atoms with van der Waals surface area (Å²) in [5.74, 6) is -2.94. The Morgan fingerprint density at radius 2 is 1.63 bits per heavy atom. The lowest BCUT2D eigenvalue weighted by Crippen LogP contribution is -2.59. The van der Waals surface area contributed by atoms with Gasteiger partial charge in [-0.15, -0.1) is 0 Å². The minimum atomic E-state index is -5.08. The molecular weight excluding hydrogens is 465 g/mol. The fraction of sp³-hybridized carbons (Fsp3) is 0.400. The van der Waals surface area contributed by atoms with Crippen LogP contribution in [0.1, 0.15) is 42.7 Å². The first-order valence-electron chi connectivity index (χ1n) is 11.4. The van der Waals surface area contributed by atoms with Gasteiger partial charge >= 0.3 is 18.2 Å². The molecule has 0 aromatic heterocycles. The van der Waals surface area contributed by atoms with Crippen molar-refractivity contribution in [1.29, 1.82) is 0 Å². The number of alkyl halides is 3. The van der Waals surface area contributed by atoms with Crippen molar-refractivity contribution in [2.24, 2.45) is 0 Å². The van der Waals surface area contributed by atoms with Crippen LogP contribution in [0.2, 0.25) is 0 Å². The minimum Gasteiger partial charge on any atom is -0.481 e. The molecule has 1 fully saturated rings. The third-order valence-electron chi connectivity index (χ3n) is 6.50. The fourth-order valence-corrected chi connectivity index (χ4v) is 4.91. The standard InChI is InChI=1S/C25H25F3N2O5/c26-25(27,28)22(23(33)30-12-6-5-7-15(30)13-21(31)32)29-24(34)35-14-20-18-10-3-1-8-16(18)17-9-2-4-11-19(17)20/h1-4,8-11,15,20,22H,5-7,12-14H2,(H,29,34)(H,31,32)/t15-,22?/m1/s1. The Labute approximate surface area is 199 Å². The van der Waals surface area contributed by atoms with Gasteiger partial charge < -0.3 is 20.1 Å². The van der Waals surface area contributed by atoms with Crippen LogP contribution in [0.3, 0.4) is 0 Å². The van der Waals surface area contributed by atoms with Crippen molar-refractivity contribution in [2.45, 2.75) is 49.9 Å². The molecule has 1 unspecified atom stereocenters. The number of alkyl carbamates (subject to hydrolysis) is 1. The van der Waals surface area contributed by atoms with Gasteiger partial charge in [0.25, 0.3) is 5.91 Å². The van der Waals surface area contributed by atoms with Gasteiger partial charge in [-0.25, -0.2) is 4.79 Å². The number of nitrogens with zero attached hydrogens (tertiary/aromatic N) is 1. The molecule has 0 radical (unpaired) electrons. The molecule has 2 aromatic carbocycles. The second kappa shape index (κ2) is 9.97. The summed E-state index contributed by atoms with van der Waals surface area (Å²) in [4.78, 5) is 37.3. The molecule has 2 atom stereocenters. The summed E-state index contributed by atoms with van der Waals surface area (Å²) < 4.78 is 46.5. The summed E-state index contributed by atoms with van der Waals surface area (Å²) in [6, 6.07) is 11.4. The summed E-state index contributed by atoms with van der Waals surface area (Å²) in [5.41, 5.74) is 3.73. The number of carbonyl (C=O) groups excluding carboxylic acids is 2. The number of likely N-dealkylation sites (tertiary alicyclic amines) is 1. The number of halogens is 3. The molecule has 2 N–H and O–H groups in total. The smallest absolute Gasteiger partial charge is 0.417 e. The Balaban J connectivity index is 1.46. The lowest BCUT2D eigenvalue weighted by Gasteiger charge is -2.37. The van der Waals surface area contributed by atoms with Crippen molar-refractivity contribution < 1.29 is 37.4 Å². The molecule has 2 amide bonds. The molecule has 186 valence electrons. The number of nitrogens with one attached hydrogen (secondary N) is 1. The predicted octanol–water partition coefficient (Wildman–Crippen LogP) is 4.31. The van der Waals surface area contributed by atoms with Crippen LogP contribution in [0, 0.1) is 0 Å². The number of ether oxygens (including phenoxy) is 1. The lowest BCUT2D eigenvalue weighted by molar-refractivity contribution is -0.177. The van der Waals surface area contributed by atoms with E-state index in [-0.39, 0.29) is 25.5 Å². The number of rotatable bonds is 6. The largest absolute Gasteiger partial charge is 0.481 e. The molecule has 10 heteroatoms. The van der Waals surface area contributed by atoms with Crippen LogP contribution in [-0.4, -0.2) is 59.4 Å². The molecule has 2 aliphatic rings. The zero-order valence-corrected chi connectivity index (χ0v) is 18.8. The number of carbonyl (C=O) groups is 3. The number of aliphatic carboxylic acids is 1. The van der Waals surface area contributed by atoms with E-state index in [9.17, 15) is 27.6 Å². The number of hydrogen-bond donors (Lipinski definition) is 2. The zero-order valence-electron chi connectivity index (χ0n) is 18.8. The molecule has 1 aliphatic carbocycles. The number of hydrogen-bond acceptors (Lipinski definition) is 4. The van der Waals surface area contributed by atoms with E-state index in [0.717, 1.165) is 27.2 Å². The molecule has 35 heavy (non-hydrogen) atoms. The van der Waals surface area contributed by atoms with Crippen LogP contribution in [0.4, 0.5) is 18.0 Å². The SMILES string of the molecule is O=C(O)C[C@H]1CCCCN1C(=O)C(NC(=O)OCC1c2ccccc2-c2ccccc21)C(F)(F)F. The number of amides is 2. The first-order valence-corrected chi connectivity index (χ1v) is 11.4. The predicted molar refractivity (Wildman–Crippen MR) is 120 cm³/mol. The Morgan fingerprint density at radius 3 is 2.20 bits per heavy atom. The first-order chi connectivity index (χ1) is 16.7. The highest BCUT2D eigenvalue weighted by Crippen LogP contribution is 2.44. The lowest BCUT2D eigenvalue weighted by atomic mass is 9.98. The summed E-state index contributed by atoms with van der Waals surface area (Å²) >= 11 is 0. The summed E-state index contributed by atoms with van der Waals surface area (Å²) in [5, 5.41) is 10.7. The van der Waals surface area contributed by atoms with E-state index in [0.29, 0.717) is 12.8 Å². The minimum absolute atomic E-state index is 0.00424. The van der Waals surface area contributed by atoms with Crippen LogP contribution >= 0.6 is 0 Å². The van der Waals surface area contributed by atoms with Crippen molar-refractivity contribution >= 4 is 18.0 Å². The van der Waals surface area contributed by atoms with E-state index in [4.69, 9.17) is 9.84 Å². The maximum absolute atomic E-state index is 13.8. The molecular formula is C25H25F3N2O5. The van der Waals surface area contributed by atoms with Gasteiger partial charge in [-0.3, -0.25) is 9.59 Å². The average Bonchev–Trinajstić information content (AvgIpc) is 3.14. The van der Waals surface area contributed by atoms with E-state index in [2.05, 4.69) is 0 Å². The van der Waals surface area contributed by atoms with Crippen molar-refractivity contribution in [1.82, 2.24) is 10.2 Å². The first kappa shape index (κ1) is 24.6. The molecule has 1 heterocycles. The maximum atomic E-state index is 13.8. The van der Waals surface area contributed by atoms with Crippen LogP contribution in [-0.2, 0) is 14.3 Å². The Kier molecular flexibility index (Phi) is 7.00. The second-order valence-corrected chi connectivity index (χ2v) is 8.72. The summed E-state index contributed by atoms with van der Waals surface area (Å²) in [6.07, 6.45) is -5.55. The third kappa shape index (κ3) is 5.26. The molecule has 0 bridgehead atoms. The van der Waals surface area contributed by atoms with Crippen LogP contribution in [0.15, 0.2) is 48.5 Å². The molecule has 4 rings (SSSR count). The van der Waals surface area contributed by atoms with Gasteiger partial charge in [0.15, 0.2) is 0 Å². The summed E-state index contributed by atoms with van der Waals surface area (Å²) in [7, 11) is 0. The molecule has 7 nitrogen and oxygen atoms in total. The number of fused-ring (bicyclic) bond motifs is 3. The zero-order chi connectivity index (χ0) is 25.2. The van der Waals surface area contributed by atoms with Gasteiger partial charge in [-0.2, -0.15) is 13.2 Å². The van der Waals surface area contributed by atoms with Gasteiger partial charge in [0.2, 0.25) is 6.04 Å². The molecule has 1 aliphatic heterocycles. The van der Waals surface area contributed by atoms with Gasteiger partial charge in [0.1, 0.15) is 6.61 Å². The number of carboxylic acid groups (broad SMARTS) is 1. The van der Waals surface area contributed by atoms with Crippen molar-refractivity contribution in [2.75, 3.05) is 13.2 Å². The van der Waals surface area contributed by atoms with Crippen molar-refractivity contribution in [3.8, 4) is 11.1 Å². The number of benzene rings is 2. The van der Waals surface area contributed by atoms with Crippen LogP contribution < -0.4 is 5.32 Å². The van der Waals surface area contributed by atoms with Crippen LogP contribution in [0.25, 0.3) is 11.1 Å². The summed E-state index contributed by atoms with van der Waals surface area (Å²) in [6.45, 7) is -0.209. The highest BCUT2D eigenvalue weighted by atomic mass is 19.4. The Morgan fingerprint density at radius 1 is 1.03 bits per heavy atom. The van der Waals surface area contributed by atoms with E-state index >= 15 is 0 Å². The monoisotopic (exact) mass is 490 g/mol. The molecule has 1 saturated heterocycles. The maximum Gasteiger partial charge on any atom is 0.417 e. The fourth-order valence-electron chi connectivity index (χ4n) is 4.91. The quantitative estimate of drug-likeness (QED) is 0.629. The normalized spacial score (nSPS) is 18.4. The number of carboxylic acids is 1. The van der Waals surface area contributed by atoms with Gasteiger partial charge in [0, 0.05) is 18.5 Å². The van der Waals surface area contributed by atoms with Gasteiger partial charge in [-0.1, -0.05) is 48.5 Å². The molecule has 0 saturated carbocycles. The van der Waals surface area contributed by atoms with E-state index in [1.165, 1.54) is 0 Å². The topological polar surface area (TPSA) is 95.9 Å². The van der Waals surface area contributed by atoms with E-state index in [1.807, 2.05) is 48.5 Å². The molecule has 0 spiro atoms. The Hall–Kier alpha value is -3.56. The second-order valence-electron chi connectivity index (χ2n) is 8.72. The van der Waals surface area contributed by atoms with Crippen molar-refractivity contribution in [3.05, 3.63) is 59.7 Å². The van der Waals surface area contributed by atoms with Gasteiger partial charge in [-0.05, 0) is 41.5 Å². The van der Waals surface area contributed by atoms with Crippen LogP contribution in [0.5, 0.6) is 0 Å². The average molecular weight is 490 g/mol. The van der Waals surface area contributed by atoms with E-state index in [1.54, 1.807) is 5.32 Å². The van der Waals surface area contributed by atoms with E-state index < -0.39 is 42.7 Å².